The third kappa shape index (κ3) is 20.7. The molecular formula is C29H62O2Si. The molecule has 0 unspecified atom stereocenters. The van der Waals surface area contributed by atoms with Crippen molar-refractivity contribution in [3.8, 4) is 0 Å². The van der Waals surface area contributed by atoms with Gasteiger partial charge in [0.05, 0.1) is 0 Å². The van der Waals surface area contributed by atoms with Crippen LogP contribution in [0.3, 0.4) is 0 Å². The van der Waals surface area contributed by atoms with E-state index in [1.165, 1.54) is 160 Å². The van der Waals surface area contributed by atoms with Crippen molar-refractivity contribution >= 4 is 8.56 Å². The zero-order valence-electron chi connectivity index (χ0n) is 23.0. The average molecular weight is 471 g/mol. The number of rotatable bonds is 27. The van der Waals surface area contributed by atoms with Gasteiger partial charge in [0.2, 0.25) is 0 Å². The summed E-state index contributed by atoms with van der Waals surface area (Å²) >= 11 is 0. The molecule has 0 rings (SSSR count). The molecule has 0 aliphatic heterocycles. The maximum Gasteiger partial charge on any atom is 0.337 e. The van der Waals surface area contributed by atoms with Gasteiger partial charge in [-0.1, -0.05) is 162 Å². The van der Waals surface area contributed by atoms with E-state index in [2.05, 4.69) is 13.8 Å². The van der Waals surface area contributed by atoms with Crippen molar-refractivity contribution in [2.24, 2.45) is 0 Å². The first-order chi connectivity index (χ1) is 15.7. The van der Waals surface area contributed by atoms with Crippen molar-refractivity contribution in [3.05, 3.63) is 0 Å². The van der Waals surface area contributed by atoms with Gasteiger partial charge in [0, 0.05) is 14.2 Å². The first-order valence-corrected chi connectivity index (χ1v) is 17.1. The van der Waals surface area contributed by atoms with Crippen LogP contribution in [0.1, 0.15) is 162 Å². The Morgan fingerprint density at radius 3 is 0.781 bits per heavy atom. The Hall–Kier alpha value is 0.137. The minimum atomic E-state index is -1.93. The van der Waals surface area contributed by atoms with Gasteiger partial charge in [-0.2, -0.15) is 0 Å². The highest BCUT2D eigenvalue weighted by molar-refractivity contribution is 6.67. The Labute approximate surface area is 205 Å². The van der Waals surface area contributed by atoms with E-state index < -0.39 is 8.56 Å². The molecule has 0 aromatic heterocycles. The van der Waals surface area contributed by atoms with Crippen LogP contribution in [0.4, 0.5) is 0 Å². The summed E-state index contributed by atoms with van der Waals surface area (Å²) in [6, 6.07) is 2.38. The Bertz CT molecular complexity index is 344. The summed E-state index contributed by atoms with van der Waals surface area (Å²) in [6.07, 6.45) is 32.4. The van der Waals surface area contributed by atoms with Gasteiger partial charge in [0.25, 0.3) is 0 Å². The molecule has 194 valence electrons. The summed E-state index contributed by atoms with van der Waals surface area (Å²) in [6.45, 7) is 4.59. The van der Waals surface area contributed by atoms with Crippen LogP contribution in [-0.4, -0.2) is 22.8 Å². The molecule has 0 aliphatic rings. The minimum Gasteiger partial charge on any atom is -0.398 e. The minimum absolute atomic E-state index is 1.19. The molecule has 0 aromatic carbocycles. The second-order valence-corrected chi connectivity index (χ2v) is 13.9. The molecule has 0 bridgehead atoms. The van der Waals surface area contributed by atoms with E-state index in [1.807, 2.05) is 14.2 Å². The number of hydrogen-bond acceptors (Lipinski definition) is 2. The molecule has 32 heavy (non-hydrogen) atoms. The van der Waals surface area contributed by atoms with E-state index >= 15 is 0 Å². The Morgan fingerprint density at radius 1 is 0.344 bits per heavy atom. The lowest BCUT2D eigenvalue weighted by Gasteiger charge is -2.27. The van der Waals surface area contributed by atoms with Crippen molar-refractivity contribution < 1.29 is 8.85 Å². The number of unbranched alkanes of at least 4 members (excludes halogenated alkanes) is 21. The fourth-order valence-electron chi connectivity index (χ4n) is 4.91. The van der Waals surface area contributed by atoms with Crippen LogP contribution < -0.4 is 0 Å². The van der Waals surface area contributed by atoms with Crippen LogP contribution >= 0.6 is 0 Å². The van der Waals surface area contributed by atoms with Gasteiger partial charge in [0.15, 0.2) is 0 Å². The monoisotopic (exact) mass is 470 g/mol. The van der Waals surface area contributed by atoms with Gasteiger partial charge >= 0.3 is 8.56 Å². The Kier molecular flexibility index (Phi) is 25.9. The predicted molar refractivity (Wildman–Crippen MR) is 147 cm³/mol. The third-order valence-corrected chi connectivity index (χ3v) is 11.0. The molecule has 0 spiro atoms. The topological polar surface area (TPSA) is 18.5 Å². The molecule has 0 saturated heterocycles. The van der Waals surface area contributed by atoms with Gasteiger partial charge < -0.3 is 8.85 Å². The Balaban J connectivity index is 3.58. The average Bonchev–Trinajstić information content (AvgIpc) is 2.82. The van der Waals surface area contributed by atoms with E-state index in [9.17, 15) is 0 Å². The molecule has 0 fully saturated rings. The highest BCUT2D eigenvalue weighted by Crippen LogP contribution is 2.25. The maximum absolute atomic E-state index is 5.99. The van der Waals surface area contributed by atoms with Crippen LogP contribution in [0.2, 0.25) is 12.1 Å². The molecule has 0 saturated carbocycles. The van der Waals surface area contributed by atoms with E-state index in [0.29, 0.717) is 0 Å². The Morgan fingerprint density at radius 2 is 0.562 bits per heavy atom. The summed E-state index contributed by atoms with van der Waals surface area (Å²) in [5, 5.41) is 0. The summed E-state index contributed by atoms with van der Waals surface area (Å²) < 4.78 is 12.0. The smallest absolute Gasteiger partial charge is 0.337 e. The fourth-order valence-corrected chi connectivity index (χ4v) is 7.72. The second kappa shape index (κ2) is 25.8. The summed E-state index contributed by atoms with van der Waals surface area (Å²) in [5.74, 6) is 0. The molecule has 0 heterocycles. The zero-order valence-corrected chi connectivity index (χ0v) is 24.0. The van der Waals surface area contributed by atoms with E-state index in [0.717, 1.165) is 0 Å². The molecule has 0 radical (unpaired) electrons. The summed E-state index contributed by atoms with van der Waals surface area (Å²) in [4.78, 5) is 0. The standard InChI is InChI=1S/C29H62O2Si/c1-5-7-9-11-13-15-17-18-19-21-23-25-27-29-32(30-3,31-4)28-26-24-22-20-16-14-12-10-8-6-2/h5-29H2,1-4H3. The van der Waals surface area contributed by atoms with Crippen molar-refractivity contribution in [2.75, 3.05) is 14.2 Å². The second-order valence-electron chi connectivity index (χ2n) is 10.2. The van der Waals surface area contributed by atoms with Crippen LogP contribution in [-0.2, 0) is 8.85 Å². The lowest BCUT2D eigenvalue weighted by atomic mass is 10.1. The van der Waals surface area contributed by atoms with Crippen LogP contribution in [0.5, 0.6) is 0 Å². The highest BCUT2D eigenvalue weighted by atomic mass is 28.4. The van der Waals surface area contributed by atoms with E-state index in [-0.39, 0.29) is 0 Å². The van der Waals surface area contributed by atoms with Crippen LogP contribution in [0.15, 0.2) is 0 Å². The highest BCUT2D eigenvalue weighted by Gasteiger charge is 2.33. The summed E-state index contributed by atoms with van der Waals surface area (Å²) in [7, 11) is 1.86. The largest absolute Gasteiger partial charge is 0.398 e. The first-order valence-electron chi connectivity index (χ1n) is 14.8. The van der Waals surface area contributed by atoms with Crippen molar-refractivity contribution in [3.63, 3.8) is 0 Å². The fraction of sp³-hybridized carbons (Fsp3) is 1.00. The predicted octanol–water partition coefficient (Wildman–Crippen LogP) is 10.7. The van der Waals surface area contributed by atoms with E-state index in [4.69, 9.17) is 8.85 Å². The molecule has 0 amide bonds. The normalized spacial score (nSPS) is 12.0. The van der Waals surface area contributed by atoms with Gasteiger partial charge in [-0.05, 0) is 12.1 Å². The van der Waals surface area contributed by atoms with Gasteiger partial charge in [-0.25, -0.2) is 0 Å². The quantitative estimate of drug-likeness (QED) is 0.0877. The van der Waals surface area contributed by atoms with Gasteiger partial charge in [0.1, 0.15) is 0 Å². The SMILES string of the molecule is CCCCCCCCCCCCCCC[Si](CCCCCCCCCCCC)(OC)OC. The zero-order chi connectivity index (χ0) is 23.6. The van der Waals surface area contributed by atoms with Crippen molar-refractivity contribution in [2.45, 2.75) is 174 Å². The molecule has 0 aliphatic carbocycles. The molecule has 0 aromatic rings. The van der Waals surface area contributed by atoms with E-state index in [1.54, 1.807) is 0 Å². The van der Waals surface area contributed by atoms with Crippen molar-refractivity contribution in [1.29, 1.82) is 0 Å². The molecule has 0 atom stereocenters. The lowest BCUT2D eigenvalue weighted by molar-refractivity contribution is 0.238. The maximum atomic E-state index is 5.99. The van der Waals surface area contributed by atoms with Crippen LogP contribution in [0, 0.1) is 0 Å². The molecule has 0 N–H and O–H groups in total. The van der Waals surface area contributed by atoms with Gasteiger partial charge in [-0.3, -0.25) is 0 Å². The first kappa shape index (κ1) is 32.1. The molecular weight excluding hydrogens is 408 g/mol. The molecule has 3 heteroatoms. The van der Waals surface area contributed by atoms with Crippen LogP contribution in [0.25, 0.3) is 0 Å². The third-order valence-electron chi connectivity index (χ3n) is 7.32. The molecule has 2 nitrogen and oxygen atoms in total. The summed E-state index contributed by atoms with van der Waals surface area (Å²) in [5.41, 5.74) is 0. The lowest BCUT2D eigenvalue weighted by Crippen LogP contribution is -2.39. The van der Waals surface area contributed by atoms with Crippen molar-refractivity contribution in [1.82, 2.24) is 0 Å². The number of hydrogen-bond donors (Lipinski definition) is 0. The van der Waals surface area contributed by atoms with Gasteiger partial charge in [-0.15, -0.1) is 0 Å².